The Morgan fingerprint density at radius 2 is 1.43 bits per heavy atom. The average Bonchev–Trinajstić information content (AvgIpc) is 2.96. The Hall–Kier alpha value is -0.560. The molecule has 0 aromatic rings. The fourth-order valence-electron chi connectivity index (χ4n) is 5.95. The van der Waals surface area contributed by atoms with Crippen molar-refractivity contribution in [2.75, 3.05) is 0 Å². The lowest BCUT2D eigenvalue weighted by Gasteiger charge is -2.30. The van der Waals surface area contributed by atoms with Crippen LogP contribution in [0.2, 0.25) is 0 Å². The minimum Gasteiger partial charge on any atom is -0.344 e. The summed E-state index contributed by atoms with van der Waals surface area (Å²) in [5.74, 6) is 6.48. The van der Waals surface area contributed by atoms with Crippen molar-refractivity contribution >= 4 is 0 Å². The van der Waals surface area contributed by atoms with E-state index in [-0.39, 0.29) is 6.15 Å². The van der Waals surface area contributed by atoms with Gasteiger partial charge in [0.2, 0.25) is 0 Å². The molecule has 1 heteroatoms. The summed E-state index contributed by atoms with van der Waals surface area (Å²) in [5.41, 5.74) is 0. The molecule has 6 unspecified atom stereocenters. The molecule has 3 aliphatic carbocycles. The van der Waals surface area contributed by atoms with Crippen LogP contribution in [0.25, 0.3) is 0 Å². The van der Waals surface area contributed by atoms with Crippen molar-refractivity contribution in [2.24, 2.45) is 41.4 Å². The molecule has 0 aromatic heterocycles. The van der Waals surface area contributed by atoms with Crippen LogP contribution < -0.4 is 6.15 Å². The Labute approximate surface area is 131 Å². The molecule has 0 spiro atoms. The summed E-state index contributed by atoms with van der Waals surface area (Å²) in [7, 11) is 0. The number of rotatable bonds is 3. The van der Waals surface area contributed by atoms with E-state index in [4.69, 9.17) is 0 Å². The molecule has 21 heavy (non-hydrogen) atoms. The molecule has 0 amide bonds. The zero-order valence-corrected chi connectivity index (χ0v) is 14.0. The molecule has 3 aliphatic rings. The topological polar surface area (TPSA) is 35.0 Å². The van der Waals surface area contributed by atoms with Gasteiger partial charge in [0.25, 0.3) is 0 Å². The average molecular weight is 290 g/mol. The minimum atomic E-state index is 0. The van der Waals surface area contributed by atoms with Crippen LogP contribution in [0.1, 0.15) is 58.3 Å². The quantitative estimate of drug-likeness (QED) is 0.634. The molecule has 3 rings (SSSR count). The number of hydrogen-bond acceptors (Lipinski definition) is 1. The maximum absolute atomic E-state index is 4.13. The maximum atomic E-state index is 4.13. The van der Waals surface area contributed by atoms with Gasteiger partial charge in [-0.05, 0) is 80.0 Å². The van der Waals surface area contributed by atoms with Crippen molar-refractivity contribution in [3.05, 3.63) is 25.3 Å². The molecule has 3 N–H and O–H groups in total. The molecule has 3 fully saturated rings. The van der Waals surface area contributed by atoms with Crippen LogP contribution in [0.15, 0.2) is 25.3 Å². The summed E-state index contributed by atoms with van der Waals surface area (Å²) in [6.45, 7) is 10.6. The van der Waals surface area contributed by atoms with E-state index in [1.54, 1.807) is 0 Å². The van der Waals surface area contributed by atoms with Gasteiger partial charge in [0.05, 0.1) is 0 Å². The second-order valence-electron chi connectivity index (χ2n) is 7.86. The van der Waals surface area contributed by atoms with Gasteiger partial charge >= 0.3 is 0 Å². The lowest BCUT2D eigenvalue weighted by molar-refractivity contribution is 0.199. The second kappa shape index (κ2) is 7.13. The highest BCUT2D eigenvalue weighted by atomic mass is 14.5. The number of hydrogen-bond donors (Lipinski definition) is 1. The van der Waals surface area contributed by atoms with Gasteiger partial charge in [-0.15, -0.1) is 13.2 Å². The molecule has 0 bridgehead atoms. The second-order valence-corrected chi connectivity index (χ2v) is 7.86. The van der Waals surface area contributed by atoms with E-state index in [1.807, 2.05) is 0 Å². The van der Waals surface area contributed by atoms with Gasteiger partial charge in [-0.3, -0.25) is 0 Å². The Kier molecular flexibility index (Phi) is 5.71. The van der Waals surface area contributed by atoms with E-state index >= 15 is 0 Å². The van der Waals surface area contributed by atoms with Crippen LogP contribution in [-0.4, -0.2) is 0 Å². The Balaban J connectivity index is 0.00000161. The fraction of sp³-hybridized carbons (Fsp3) is 0.800. The Morgan fingerprint density at radius 3 is 2.10 bits per heavy atom. The van der Waals surface area contributed by atoms with Crippen LogP contribution in [0, 0.1) is 41.4 Å². The molecule has 0 aromatic carbocycles. The smallest absolute Gasteiger partial charge is 0.0205 e. The molecule has 0 aliphatic heterocycles. The molecule has 0 saturated heterocycles. The third-order valence-electron chi connectivity index (χ3n) is 7.00. The summed E-state index contributed by atoms with van der Waals surface area (Å²) in [4.78, 5) is 0. The van der Waals surface area contributed by atoms with E-state index in [9.17, 15) is 0 Å². The third kappa shape index (κ3) is 3.13. The van der Waals surface area contributed by atoms with Gasteiger partial charge < -0.3 is 6.15 Å². The van der Waals surface area contributed by atoms with E-state index in [2.05, 4.69) is 32.2 Å². The predicted molar refractivity (Wildman–Crippen MR) is 92.5 cm³/mol. The monoisotopic (exact) mass is 289 g/mol. The van der Waals surface area contributed by atoms with Crippen LogP contribution in [-0.2, 0) is 0 Å². The molecule has 3 saturated carbocycles. The Morgan fingerprint density at radius 1 is 0.762 bits per heavy atom. The Bertz CT molecular complexity index is 361. The molecule has 0 radical (unpaired) electrons. The van der Waals surface area contributed by atoms with Gasteiger partial charge in [0.15, 0.2) is 0 Å². The lowest BCUT2D eigenvalue weighted by atomic mass is 9.75. The zero-order valence-electron chi connectivity index (χ0n) is 14.0. The molecule has 1 nitrogen and oxygen atoms in total. The molecule has 7 atom stereocenters. The molecule has 0 heterocycles. The van der Waals surface area contributed by atoms with E-state index in [0.717, 1.165) is 41.4 Å². The van der Waals surface area contributed by atoms with Crippen LogP contribution in [0.4, 0.5) is 0 Å². The van der Waals surface area contributed by atoms with Crippen molar-refractivity contribution in [3.63, 3.8) is 0 Å². The molecular formula is C20H35N. The van der Waals surface area contributed by atoms with Crippen LogP contribution >= 0.6 is 0 Å². The van der Waals surface area contributed by atoms with E-state index < -0.39 is 0 Å². The van der Waals surface area contributed by atoms with Gasteiger partial charge in [-0.25, -0.2) is 0 Å². The van der Waals surface area contributed by atoms with Crippen LogP contribution in [0.5, 0.6) is 0 Å². The number of allylic oxidation sites excluding steroid dienone is 2. The molecular weight excluding hydrogens is 254 g/mol. The number of fused-ring (bicyclic) bond motifs is 1. The van der Waals surface area contributed by atoms with Crippen LogP contribution in [0.3, 0.4) is 0 Å². The van der Waals surface area contributed by atoms with E-state index in [0.29, 0.717) is 0 Å². The highest BCUT2D eigenvalue weighted by Gasteiger charge is 2.45. The van der Waals surface area contributed by atoms with Gasteiger partial charge in [-0.2, -0.15) is 0 Å². The van der Waals surface area contributed by atoms with Gasteiger partial charge in [-0.1, -0.05) is 31.9 Å². The van der Waals surface area contributed by atoms with Crippen molar-refractivity contribution < 1.29 is 0 Å². The highest BCUT2D eigenvalue weighted by molar-refractivity contribution is 5.01. The summed E-state index contributed by atoms with van der Waals surface area (Å²) in [6.07, 6.45) is 16.2. The minimum absolute atomic E-state index is 0. The van der Waals surface area contributed by atoms with Crippen molar-refractivity contribution in [1.82, 2.24) is 6.15 Å². The standard InChI is InChI=1S/C20H32.H3N/c1-4-15-8-6-7-9-20-18(15)10-11-19(20)17-12-14(3)16(5-2)13-17;/h4-5,14-20H,1-2,6-13H2,3H3;1H3/t14?,15?,16?,17?,18-,19?,20?;/m1./s1. The van der Waals surface area contributed by atoms with Crippen molar-refractivity contribution in [1.29, 1.82) is 0 Å². The first-order valence-electron chi connectivity index (χ1n) is 8.99. The maximum Gasteiger partial charge on any atom is -0.0205 e. The normalized spacial score (nSPS) is 46.2. The molecule has 120 valence electrons. The highest BCUT2D eigenvalue weighted by Crippen LogP contribution is 2.54. The first-order valence-corrected chi connectivity index (χ1v) is 8.99. The summed E-state index contributed by atoms with van der Waals surface area (Å²) >= 11 is 0. The summed E-state index contributed by atoms with van der Waals surface area (Å²) < 4.78 is 0. The van der Waals surface area contributed by atoms with Crippen molar-refractivity contribution in [3.8, 4) is 0 Å². The first-order chi connectivity index (χ1) is 9.74. The summed E-state index contributed by atoms with van der Waals surface area (Å²) in [5, 5.41) is 0. The zero-order chi connectivity index (χ0) is 14.1. The predicted octanol–water partition coefficient (Wildman–Crippen LogP) is 6.02. The van der Waals surface area contributed by atoms with Gasteiger partial charge in [0, 0.05) is 0 Å². The largest absolute Gasteiger partial charge is 0.344 e. The third-order valence-corrected chi connectivity index (χ3v) is 7.00. The fourth-order valence-corrected chi connectivity index (χ4v) is 5.95. The SMILES string of the molecule is C=CC1CC(C2CC[C@@H]3C(C=C)CCCCC23)CC1C.N. The summed E-state index contributed by atoms with van der Waals surface area (Å²) in [6, 6.07) is 0. The van der Waals surface area contributed by atoms with Gasteiger partial charge in [0.1, 0.15) is 0 Å². The van der Waals surface area contributed by atoms with E-state index in [1.165, 1.54) is 51.4 Å². The first kappa shape index (κ1) is 16.8. The lowest BCUT2D eigenvalue weighted by Crippen LogP contribution is -2.23. The van der Waals surface area contributed by atoms with Crippen molar-refractivity contribution in [2.45, 2.75) is 58.3 Å².